The lowest BCUT2D eigenvalue weighted by Crippen LogP contribution is -2.36. The number of hydrogen-bond acceptors (Lipinski definition) is 6. The summed E-state index contributed by atoms with van der Waals surface area (Å²) in [5, 5.41) is 2.31. The Kier molecular flexibility index (Phi) is 8.96. The smallest absolute Gasteiger partial charge is 0.294 e. The van der Waals surface area contributed by atoms with E-state index in [4.69, 9.17) is 9.47 Å². The molecule has 3 amide bonds. The number of hydrogen-bond donors (Lipinski definition) is 1. The summed E-state index contributed by atoms with van der Waals surface area (Å²) in [4.78, 5) is 39.4. The van der Waals surface area contributed by atoms with Crippen LogP contribution in [0, 0.1) is 13.8 Å². The summed E-state index contributed by atoms with van der Waals surface area (Å²) in [6.07, 6.45) is 1.60. The molecule has 1 aliphatic heterocycles. The fourth-order valence-corrected chi connectivity index (χ4v) is 5.50. The van der Waals surface area contributed by atoms with Crippen molar-refractivity contribution in [1.82, 2.24) is 4.90 Å². The number of thioether (sulfide) groups is 1. The van der Waals surface area contributed by atoms with E-state index in [-0.39, 0.29) is 11.4 Å². The molecule has 0 unspecified atom stereocenters. The van der Waals surface area contributed by atoms with E-state index >= 15 is 0 Å². The Morgan fingerprint density at radius 1 is 1.05 bits per heavy atom. The Morgan fingerprint density at radius 3 is 2.39 bits per heavy atom. The molecule has 3 aromatic carbocycles. The van der Waals surface area contributed by atoms with Crippen LogP contribution >= 0.6 is 43.6 Å². The van der Waals surface area contributed by atoms with Crippen LogP contribution in [0.5, 0.6) is 11.5 Å². The van der Waals surface area contributed by atoms with Crippen molar-refractivity contribution >= 4 is 72.4 Å². The summed E-state index contributed by atoms with van der Waals surface area (Å²) in [5.74, 6) is 0.0173. The van der Waals surface area contributed by atoms with E-state index < -0.39 is 17.1 Å². The number of rotatable bonds is 8. The zero-order valence-corrected chi connectivity index (χ0v) is 24.8. The second kappa shape index (κ2) is 12.2. The van der Waals surface area contributed by atoms with Gasteiger partial charge in [-0.25, -0.2) is 0 Å². The van der Waals surface area contributed by atoms with Crippen molar-refractivity contribution in [1.29, 1.82) is 0 Å². The van der Waals surface area contributed by atoms with E-state index in [1.54, 1.807) is 18.2 Å². The first-order valence-electron chi connectivity index (χ1n) is 11.5. The number of halogens is 2. The van der Waals surface area contributed by atoms with Gasteiger partial charge in [0, 0.05) is 10.2 Å². The van der Waals surface area contributed by atoms with Crippen molar-refractivity contribution < 1.29 is 23.9 Å². The third-order valence-corrected chi connectivity index (χ3v) is 7.79. The number of benzene rings is 3. The van der Waals surface area contributed by atoms with Gasteiger partial charge < -0.3 is 14.8 Å². The highest BCUT2D eigenvalue weighted by Crippen LogP contribution is 2.39. The maximum absolute atomic E-state index is 13.0. The number of para-hydroxylation sites is 1. The Bertz CT molecular complexity index is 1420. The number of carbonyl (C=O) groups is 3. The van der Waals surface area contributed by atoms with E-state index in [0.717, 1.165) is 37.8 Å². The van der Waals surface area contributed by atoms with Crippen LogP contribution in [0.15, 0.2) is 68.4 Å². The lowest BCUT2D eigenvalue weighted by Gasteiger charge is -2.15. The molecule has 196 valence electrons. The molecule has 1 heterocycles. The van der Waals surface area contributed by atoms with E-state index in [0.29, 0.717) is 33.8 Å². The molecular formula is C28H24Br2N2O5S. The first kappa shape index (κ1) is 27.9. The quantitative estimate of drug-likeness (QED) is 0.260. The second-order valence-corrected chi connectivity index (χ2v) is 11.3. The van der Waals surface area contributed by atoms with Crippen molar-refractivity contribution in [3.63, 3.8) is 0 Å². The van der Waals surface area contributed by atoms with Crippen LogP contribution in [0.1, 0.15) is 22.3 Å². The molecule has 1 N–H and O–H groups in total. The minimum atomic E-state index is -0.526. The molecule has 1 aliphatic rings. The molecule has 1 fully saturated rings. The average Bonchev–Trinajstić information content (AvgIpc) is 3.13. The van der Waals surface area contributed by atoms with Gasteiger partial charge in [-0.2, -0.15) is 0 Å². The Morgan fingerprint density at radius 2 is 1.74 bits per heavy atom. The minimum Gasteiger partial charge on any atom is -0.493 e. The Hall–Kier alpha value is -3.08. The van der Waals surface area contributed by atoms with E-state index in [2.05, 4.69) is 37.2 Å². The number of nitrogens with zero attached hydrogens (tertiary/aromatic N) is 1. The van der Waals surface area contributed by atoms with Gasteiger partial charge in [0.25, 0.3) is 11.1 Å². The van der Waals surface area contributed by atoms with Crippen LogP contribution < -0.4 is 14.8 Å². The van der Waals surface area contributed by atoms with Crippen LogP contribution in [0.3, 0.4) is 0 Å². The molecule has 0 aromatic heterocycles. The van der Waals surface area contributed by atoms with Crippen molar-refractivity contribution in [2.24, 2.45) is 0 Å². The summed E-state index contributed by atoms with van der Waals surface area (Å²) < 4.78 is 13.1. The number of methoxy groups -OCH3 is 1. The first-order chi connectivity index (χ1) is 18.2. The van der Waals surface area contributed by atoms with Crippen LogP contribution in [0.25, 0.3) is 6.08 Å². The number of imide groups is 1. The van der Waals surface area contributed by atoms with Gasteiger partial charge in [0.15, 0.2) is 11.5 Å². The fraction of sp³-hybridized carbons (Fsp3) is 0.179. The van der Waals surface area contributed by atoms with Gasteiger partial charge in [-0.3, -0.25) is 19.3 Å². The van der Waals surface area contributed by atoms with Gasteiger partial charge in [0.1, 0.15) is 13.2 Å². The van der Waals surface area contributed by atoms with Crippen LogP contribution in [0.4, 0.5) is 10.5 Å². The Balaban J connectivity index is 1.48. The topological polar surface area (TPSA) is 84.9 Å². The molecule has 0 saturated carbocycles. The van der Waals surface area contributed by atoms with Crippen molar-refractivity contribution in [2.45, 2.75) is 20.5 Å². The molecule has 1 saturated heterocycles. The predicted molar refractivity (Wildman–Crippen MR) is 156 cm³/mol. The summed E-state index contributed by atoms with van der Waals surface area (Å²) in [6, 6.07) is 17.0. The fourth-order valence-electron chi connectivity index (χ4n) is 3.82. The Labute approximate surface area is 241 Å². The van der Waals surface area contributed by atoms with Gasteiger partial charge in [0.2, 0.25) is 5.91 Å². The lowest BCUT2D eigenvalue weighted by molar-refractivity contribution is -0.127. The molecule has 7 nitrogen and oxygen atoms in total. The molecule has 3 aromatic rings. The second-order valence-electron chi connectivity index (χ2n) is 8.53. The maximum atomic E-state index is 13.0. The highest BCUT2D eigenvalue weighted by atomic mass is 79.9. The summed E-state index contributed by atoms with van der Waals surface area (Å²) in [5.41, 5.74) is 4.10. The van der Waals surface area contributed by atoms with Crippen molar-refractivity contribution in [3.8, 4) is 11.5 Å². The van der Waals surface area contributed by atoms with Crippen molar-refractivity contribution in [3.05, 3.63) is 90.7 Å². The largest absolute Gasteiger partial charge is 0.493 e. The van der Waals surface area contributed by atoms with Gasteiger partial charge in [-0.1, -0.05) is 46.3 Å². The normalized spacial score (nSPS) is 14.2. The van der Waals surface area contributed by atoms with Gasteiger partial charge in [0.05, 0.1) is 16.5 Å². The number of nitrogens with one attached hydrogen (secondary N) is 1. The van der Waals surface area contributed by atoms with E-state index in [1.165, 1.54) is 7.11 Å². The summed E-state index contributed by atoms with van der Waals surface area (Å²) in [7, 11) is 1.53. The van der Waals surface area contributed by atoms with Gasteiger partial charge in [-0.05, 0) is 94.1 Å². The maximum Gasteiger partial charge on any atom is 0.294 e. The zero-order valence-electron chi connectivity index (χ0n) is 20.8. The molecular weight excluding hydrogens is 636 g/mol. The summed E-state index contributed by atoms with van der Waals surface area (Å²) in [6.45, 7) is 3.74. The third-order valence-electron chi connectivity index (χ3n) is 5.77. The average molecular weight is 660 g/mol. The number of aryl methyl sites for hydroxylation is 2. The summed E-state index contributed by atoms with van der Waals surface area (Å²) >= 11 is 7.73. The lowest BCUT2D eigenvalue weighted by atomic mass is 10.1. The van der Waals surface area contributed by atoms with Crippen molar-refractivity contribution in [2.75, 3.05) is 19.0 Å². The van der Waals surface area contributed by atoms with Crippen LogP contribution in [0.2, 0.25) is 0 Å². The molecule has 0 radical (unpaired) electrons. The number of carbonyl (C=O) groups excluding carboxylic acids is 3. The molecule has 0 bridgehead atoms. The van der Waals surface area contributed by atoms with E-state index in [9.17, 15) is 14.4 Å². The molecule has 10 heteroatoms. The molecule has 4 rings (SSSR count). The molecule has 0 spiro atoms. The predicted octanol–water partition coefficient (Wildman–Crippen LogP) is 7.09. The van der Waals surface area contributed by atoms with Crippen LogP contribution in [-0.2, 0) is 16.2 Å². The molecule has 0 aliphatic carbocycles. The van der Waals surface area contributed by atoms with Crippen LogP contribution in [-0.4, -0.2) is 35.6 Å². The minimum absolute atomic E-state index is 0.215. The first-order valence-corrected chi connectivity index (χ1v) is 13.9. The van der Waals surface area contributed by atoms with E-state index in [1.807, 2.05) is 56.3 Å². The number of ether oxygens (including phenoxy) is 2. The molecule has 0 atom stereocenters. The zero-order chi connectivity index (χ0) is 27.4. The van der Waals surface area contributed by atoms with Gasteiger partial charge >= 0.3 is 0 Å². The highest BCUT2D eigenvalue weighted by Gasteiger charge is 2.36. The number of anilines is 1. The highest BCUT2D eigenvalue weighted by molar-refractivity contribution is 9.10. The molecule has 38 heavy (non-hydrogen) atoms. The number of amides is 3. The third kappa shape index (κ3) is 6.48. The monoisotopic (exact) mass is 658 g/mol. The SMILES string of the molecule is COc1cc(/C=C2/SC(=O)N(CC(=O)Nc3c(C)cccc3C)C2=O)cc(Br)c1OCc1ccc(Br)cc1. The standard InChI is InChI=1S/C28H24Br2N2O5S/c1-16-5-4-6-17(2)25(16)31-24(33)14-32-27(34)23(38-28(32)35)13-19-11-21(30)26(22(12-19)36-3)37-15-18-7-9-20(29)10-8-18/h4-13H,14-15H2,1-3H3,(H,31,33)/b23-13+. The van der Waals surface area contributed by atoms with Gasteiger partial charge in [-0.15, -0.1) is 0 Å².